The average Bonchev–Trinajstić information content (AvgIpc) is 2.33. The van der Waals surface area contributed by atoms with E-state index in [1.54, 1.807) is 4.90 Å². The number of rotatable bonds is 0. The first-order chi connectivity index (χ1) is 4.75. The molecule has 1 heterocycles. The molecule has 1 aliphatic heterocycles. The molecule has 0 aliphatic carbocycles. The Morgan fingerprint density at radius 3 is 2.73 bits per heavy atom. The highest BCUT2D eigenvalue weighted by Gasteiger charge is 2.25. The summed E-state index contributed by atoms with van der Waals surface area (Å²) in [5, 5.41) is 8.54. The van der Waals surface area contributed by atoms with Crippen molar-refractivity contribution in [2.45, 2.75) is 25.8 Å². The Balaban J connectivity index is 0.000001000. The van der Waals surface area contributed by atoms with Gasteiger partial charge in [-0.05, 0) is 12.8 Å². The highest BCUT2D eigenvalue weighted by atomic mass is 16.2. The lowest BCUT2D eigenvalue weighted by atomic mass is 10.2. The minimum absolute atomic E-state index is 0. The van der Waals surface area contributed by atoms with E-state index in [1.807, 2.05) is 0 Å². The van der Waals surface area contributed by atoms with E-state index in [1.165, 1.54) is 6.92 Å². The molecule has 1 rings (SSSR count). The SMILES string of the molecule is CC(=O)N1CCCC1C#N.N. The Hall–Kier alpha value is -1.08. The molecule has 0 spiro atoms. The molecular formula is C7H13N3O. The molecule has 11 heavy (non-hydrogen) atoms. The van der Waals surface area contributed by atoms with E-state index in [-0.39, 0.29) is 18.1 Å². The van der Waals surface area contributed by atoms with Gasteiger partial charge in [0.2, 0.25) is 5.91 Å². The molecular weight excluding hydrogens is 142 g/mol. The molecule has 1 unspecified atom stereocenters. The van der Waals surface area contributed by atoms with Gasteiger partial charge in [-0.3, -0.25) is 4.79 Å². The number of nitrogens with zero attached hydrogens (tertiary/aromatic N) is 2. The van der Waals surface area contributed by atoms with Crippen molar-refractivity contribution >= 4 is 5.91 Å². The maximum atomic E-state index is 10.8. The second kappa shape index (κ2) is 3.94. The van der Waals surface area contributed by atoms with E-state index >= 15 is 0 Å². The van der Waals surface area contributed by atoms with E-state index in [9.17, 15) is 4.79 Å². The fraction of sp³-hybridized carbons (Fsp3) is 0.714. The van der Waals surface area contributed by atoms with Gasteiger partial charge in [-0.1, -0.05) is 0 Å². The van der Waals surface area contributed by atoms with Crippen LogP contribution in [-0.2, 0) is 4.79 Å². The molecule has 4 heteroatoms. The lowest BCUT2D eigenvalue weighted by Gasteiger charge is -2.16. The average molecular weight is 155 g/mol. The molecule has 0 aromatic rings. The van der Waals surface area contributed by atoms with Crippen molar-refractivity contribution in [3.63, 3.8) is 0 Å². The molecule has 1 saturated heterocycles. The molecule has 4 nitrogen and oxygen atoms in total. The molecule has 0 aromatic carbocycles. The van der Waals surface area contributed by atoms with Crippen LogP contribution in [0.1, 0.15) is 19.8 Å². The van der Waals surface area contributed by atoms with Crippen LogP contribution in [0.5, 0.6) is 0 Å². The maximum absolute atomic E-state index is 10.8. The number of nitriles is 1. The maximum Gasteiger partial charge on any atom is 0.220 e. The summed E-state index contributed by atoms with van der Waals surface area (Å²) < 4.78 is 0. The minimum Gasteiger partial charge on any atom is -0.344 e. The summed E-state index contributed by atoms with van der Waals surface area (Å²) in [6.45, 7) is 2.27. The Morgan fingerprint density at radius 2 is 2.36 bits per heavy atom. The number of likely N-dealkylation sites (tertiary alicyclic amines) is 1. The smallest absolute Gasteiger partial charge is 0.220 e. The monoisotopic (exact) mass is 155 g/mol. The normalized spacial score (nSPS) is 22.2. The third kappa shape index (κ3) is 1.92. The lowest BCUT2D eigenvalue weighted by Crippen LogP contribution is -2.32. The summed E-state index contributed by atoms with van der Waals surface area (Å²) in [7, 11) is 0. The number of hydrogen-bond acceptors (Lipinski definition) is 3. The fourth-order valence-corrected chi connectivity index (χ4v) is 1.28. The van der Waals surface area contributed by atoms with Crippen molar-refractivity contribution in [1.29, 1.82) is 5.26 Å². The number of hydrogen-bond donors (Lipinski definition) is 1. The van der Waals surface area contributed by atoms with Crippen LogP contribution in [0.2, 0.25) is 0 Å². The fourth-order valence-electron chi connectivity index (χ4n) is 1.28. The van der Waals surface area contributed by atoms with Crippen molar-refractivity contribution in [3.8, 4) is 6.07 Å². The van der Waals surface area contributed by atoms with Gasteiger partial charge in [0, 0.05) is 13.5 Å². The second-order valence-corrected chi connectivity index (χ2v) is 2.50. The van der Waals surface area contributed by atoms with Crippen LogP contribution >= 0.6 is 0 Å². The zero-order valence-corrected chi connectivity index (χ0v) is 6.71. The molecule has 3 N–H and O–H groups in total. The summed E-state index contributed by atoms with van der Waals surface area (Å²) in [6.07, 6.45) is 1.81. The van der Waals surface area contributed by atoms with Crippen LogP contribution in [-0.4, -0.2) is 23.4 Å². The molecule has 62 valence electrons. The molecule has 1 aliphatic rings. The number of carbonyl (C=O) groups excluding carboxylic acids is 1. The van der Waals surface area contributed by atoms with E-state index in [4.69, 9.17) is 5.26 Å². The van der Waals surface area contributed by atoms with Crippen LogP contribution in [0.15, 0.2) is 0 Å². The quantitative estimate of drug-likeness (QED) is 0.558. The van der Waals surface area contributed by atoms with Crippen LogP contribution in [0.4, 0.5) is 0 Å². The van der Waals surface area contributed by atoms with Gasteiger partial charge < -0.3 is 11.1 Å². The van der Waals surface area contributed by atoms with E-state index < -0.39 is 0 Å². The largest absolute Gasteiger partial charge is 0.344 e. The van der Waals surface area contributed by atoms with Gasteiger partial charge in [0.25, 0.3) is 0 Å². The second-order valence-electron chi connectivity index (χ2n) is 2.50. The Labute approximate surface area is 66.4 Å². The Kier molecular flexibility index (Phi) is 3.55. The van der Waals surface area contributed by atoms with Gasteiger partial charge in [0.1, 0.15) is 6.04 Å². The molecule has 0 aromatic heterocycles. The first kappa shape index (κ1) is 9.92. The lowest BCUT2D eigenvalue weighted by molar-refractivity contribution is -0.128. The predicted molar refractivity (Wildman–Crippen MR) is 41.0 cm³/mol. The van der Waals surface area contributed by atoms with Gasteiger partial charge >= 0.3 is 0 Å². The predicted octanol–water partition coefficient (Wildman–Crippen LogP) is 0.683. The zero-order chi connectivity index (χ0) is 7.56. The molecule has 0 saturated carbocycles. The van der Waals surface area contributed by atoms with Crippen molar-refractivity contribution in [3.05, 3.63) is 0 Å². The molecule has 1 atom stereocenters. The molecule has 0 bridgehead atoms. The Bertz CT molecular complexity index is 185. The highest BCUT2D eigenvalue weighted by molar-refractivity contribution is 5.74. The van der Waals surface area contributed by atoms with E-state index in [0.717, 1.165) is 19.4 Å². The first-order valence-corrected chi connectivity index (χ1v) is 3.42. The highest BCUT2D eigenvalue weighted by Crippen LogP contribution is 2.15. The van der Waals surface area contributed by atoms with Crippen molar-refractivity contribution in [2.75, 3.05) is 6.54 Å². The summed E-state index contributed by atoms with van der Waals surface area (Å²) in [5.41, 5.74) is 0. The van der Waals surface area contributed by atoms with Gasteiger partial charge in [0.05, 0.1) is 6.07 Å². The minimum atomic E-state index is -0.155. The van der Waals surface area contributed by atoms with Crippen LogP contribution in [0.3, 0.4) is 0 Å². The zero-order valence-electron chi connectivity index (χ0n) is 6.71. The van der Waals surface area contributed by atoms with Crippen LogP contribution in [0.25, 0.3) is 0 Å². The van der Waals surface area contributed by atoms with E-state index in [0.29, 0.717) is 0 Å². The number of carbonyl (C=O) groups is 1. The molecule has 1 fully saturated rings. The van der Waals surface area contributed by atoms with E-state index in [2.05, 4.69) is 6.07 Å². The topological polar surface area (TPSA) is 79.1 Å². The molecule has 1 amide bonds. The van der Waals surface area contributed by atoms with Crippen molar-refractivity contribution in [2.24, 2.45) is 0 Å². The first-order valence-electron chi connectivity index (χ1n) is 3.42. The van der Waals surface area contributed by atoms with Crippen LogP contribution in [0, 0.1) is 11.3 Å². The summed E-state index contributed by atoms with van der Waals surface area (Å²) in [5.74, 6) is 0.0176. The van der Waals surface area contributed by atoms with Crippen molar-refractivity contribution in [1.82, 2.24) is 11.1 Å². The summed E-state index contributed by atoms with van der Waals surface area (Å²) >= 11 is 0. The summed E-state index contributed by atoms with van der Waals surface area (Å²) in [6, 6.07) is 1.95. The van der Waals surface area contributed by atoms with Gasteiger partial charge in [-0.25, -0.2) is 0 Å². The summed E-state index contributed by atoms with van der Waals surface area (Å²) in [4.78, 5) is 12.4. The number of amides is 1. The third-order valence-electron chi connectivity index (χ3n) is 1.81. The standard InChI is InChI=1S/C7H10N2O.H3N/c1-6(10)9-4-2-3-7(9)5-8;/h7H,2-4H2,1H3;1H3. The van der Waals surface area contributed by atoms with Gasteiger partial charge in [0.15, 0.2) is 0 Å². The molecule has 0 radical (unpaired) electrons. The van der Waals surface area contributed by atoms with Gasteiger partial charge in [-0.15, -0.1) is 0 Å². The Morgan fingerprint density at radius 1 is 1.73 bits per heavy atom. The third-order valence-corrected chi connectivity index (χ3v) is 1.81. The van der Waals surface area contributed by atoms with Gasteiger partial charge in [-0.2, -0.15) is 5.26 Å². The van der Waals surface area contributed by atoms with Crippen molar-refractivity contribution < 1.29 is 4.79 Å². The van der Waals surface area contributed by atoms with Crippen LogP contribution < -0.4 is 6.15 Å².